The maximum absolute atomic E-state index is 5.88. The molecule has 0 aromatic carbocycles. The number of halogens is 1. The van der Waals surface area contributed by atoms with Gasteiger partial charge in [0.25, 0.3) is 0 Å². The van der Waals surface area contributed by atoms with Crippen molar-refractivity contribution in [1.82, 2.24) is 25.4 Å². The molecule has 0 aliphatic carbocycles. The first kappa shape index (κ1) is 20.4. The second-order valence-electron chi connectivity index (χ2n) is 6.27. The number of hydrogen-bond donors (Lipinski definition) is 2. The van der Waals surface area contributed by atoms with Crippen LogP contribution in [-0.2, 0) is 22.4 Å². The number of nitrogens with zero attached hydrogens (tertiary/aromatic N) is 4. The van der Waals surface area contributed by atoms with Gasteiger partial charge in [-0.25, -0.2) is 9.67 Å². The van der Waals surface area contributed by atoms with Crippen LogP contribution in [0, 0.1) is 0 Å². The van der Waals surface area contributed by atoms with E-state index in [9.17, 15) is 0 Å². The zero-order valence-corrected chi connectivity index (χ0v) is 17.1. The van der Waals surface area contributed by atoms with Crippen LogP contribution in [-0.4, -0.2) is 66.3 Å². The fourth-order valence-electron chi connectivity index (χ4n) is 3.11. The molecule has 1 atom stereocenters. The zero-order chi connectivity index (χ0) is 16.6. The molecule has 2 aliphatic rings. The zero-order valence-electron chi connectivity index (χ0n) is 14.8. The number of hydrogen-bond acceptors (Lipinski definition) is 5. The van der Waals surface area contributed by atoms with E-state index in [1.54, 1.807) is 13.4 Å². The van der Waals surface area contributed by atoms with Gasteiger partial charge in [0.2, 0.25) is 0 Å². The van der Waals surface area contributed by atoms with Gasteiger partial charge in [0.15, 0.2) is 5.96 Å². The van der Waals surface area contributed by atoms with Crippen molar-refractivity contribution in [3.63, 3.8) is 0 Å². The molecular formula is C16H29IN6O2. The van der Waals surface area contributed by atoms with Crippen LogP contribution in [0.3, 0.4) is 0 Å². The lowest BCUT2D eigenvalue weighted by atomic mass is 10.1. The molecule has 1 saturated heterocycles. The van der Waals surface area contributed by atoms with Crippen LogP contribution in [0.25, 0.3) is 0 Å². The van der Waals surface area contributed by atoms with Crippen molar-refractivity contribution in [2.24, 2.45) is 4.99 Å². The molecule has 2 aliphatic heterocycles. The van der Waals surface area contributed by atoms with E-state index in [4.69, 9.17) is 9.47 Å². The Bertz CT molecular complexity index is 532. The van der Waals surface area contributed by atoms with E-state index in [0.717, 1.165) is 76.8 Å². The van der Waals surface area contributed by atoms with Gasteiger partial charge in [0, 0.05) is 45.9 Å². The minimum absolute atomic E-state index is 0. The normalized spacial score (nSPS) is 21.3. The average Bonchev–Trinajstić information content (AvgIpc) is 3.09. The number of guanidine groups is 1. The van der Waals surface area contributed by atoms with Crippen molar-refractivity contribution in [1.29, 1.82) is 0 Å². The molecule has 9 heteroatoms. The van der Waals surface area contributed by atoms with Crippen LogP contribution >= 0.6 is 24.0 Å². The van der Waals surface area contributed by atoms with Crippen LogP contribution in [0.5, 0.6) is 0 Å². The molecule has 8 nitrogen and oxygen atoms in total. The second-order valence-corrected chi connectivity index (χ2v) is 6.27. The molecule has 1 aromatic rings. The predicted molar refractivity (Wildman–Crippen MR) is 106 cm³/mol. The molecule has 3 heterocycles. The van der Waals surface area contributed by atoms with Crippen molar-refractivity contribution in [2.45, 2.75) is 50.8 Å². The van der Waals surface area contributed by atoms with Gasteiger partial charge in [-0.15, -0.1) is 24.0 Å². The molecule has 0 saturated carbocycles. The van der Waals surface area contributed by atoms with E-state index in [-0.39, 0.29) is 24.0 Å². The Labute approximate surface area is 166 Å². The van der Waals surface area contributed by atoms with Gasteiger partial charge in [-0.2, -0.15) is 5.10 Å². The van der Waals surface area contributed by atoms with Gasteiger partial charge >= 0.3 is 0 Å². The lowest BCUT2D eigenvalue weighted by molar-refractivity contribution is -0.0320. The molecule has 2 N–H and O–H groups in total. The van der Waals surface area contributed by atoms with Gasteiger partial charge < -0.3 is 20.1 Å². The van der Waals surface area contributed by atoms with Crippen LogP contribution in [0.4, 0.5) is 0 Å². The molecule has 1 aromatic heterocycles. The lowest BCUT2D eigenvalue weighted by Gasteiger charge is -2.25. The first-order valence-corrected chi connectivity index (χ1v) is 8.88. The Morgan fingerprint density at radius 3 is 3.04 bits per heavy atom. The molecule has 0 spiro atoms. The minimum Gasteiger partial charge on any atom is -0.381 e. The third-order valence-corrected chi connectivity index (χ3v) is 4.51. The van der Waals surface area contributed by atoms with Crippen molar-refractivity contribution < 1.29 is 9.47 Å². The number of fused-ring (bicyclic) bond motifs is 1. The topological polar surface area (TPSA) is 85.6 Å². The third kappa shape index (κ3) is 6.37. The smallest absolute Gasteiger partial charge is 0.191 e. The van der Waals surface area contributed by atoms with Crippen molar-refractivity contribution in [2.75, 3.05) is 33.4 Å². The average molecular weight is 464 g/mol. The highest BCUT2D eigenvalue weighted by atomic mass is 127. The van der Waals surface area contributed by atoms with Gasteiger partial charge in [-0.3, -0.25) is 4.99 Å². The van der Waals surface area contributed by atoms with E-state index in [1.165, 1.54) is 0 Å². The number of aliphatic imine (C=N–C) groups is 1. The van der Waals surface area contributed by atoms with Crippen molar-refractivity contribution in [3.8, 4) is 0 Å². The van der Waals surface area contributed by atoms with Crippen LogP contribution in [0.15, 0.2) is 11.3 Å². The third-order valence-electron chi connectivity index (χ3n) is 4.51. The van der Waals surface area contributed by atoms with Gasteiger partial charge in [0.05, 0.1) is 12.6 Å². The summed E-state index contributed by atoms with van der Waals surface area (Å²) in [5.74, 6) is 1.91. The Kier molecular flexibility index (Phi) is 8.90. The van der Waals surface area contributed by atoms with Crippen LogP contribution < -0.4 is 10.6 Å². The Hall–Kier alpha value is -0.940. The number of aryl methyl sites for hydroxylation is 1. The molecule has 25 heavy (non-hydrogen) atoms. The lowest BCUT2D eigenvalue weighted by Crippen LogP contribution is -2.47. The molecule has 1 unspecified atom stereocenters. The number of nitrogens with one attached hydrogen (secondary N) is 2. The number of rotatable bonds is 6. The summed E-state index contributed by atoms with van der Waals surface area (Å²) >= 11 is 0. The summed E-state index contributed by atoms with van der Waals surface area (Å²) in [5, 5.41) is 11.1. The highest BCUT2D eigenvalue weighted by Gasteiger charge is 2.20. The number of aromatic nitrogens is 3. The van der Waals surface area contributed by atoms with E-state index >= 15 is 0 Å². The van der Waals surface area contributed by atoms with E-state index in [0.29, 0.717) is 12.1 Å². The fourth-order valence-corrected chi connectivity index (χ4v) is 3.11. The van der Waals surface area contributed by atoms with E-state index in [1.807, 2.05) is 4.68 Å². The highest BCUT2D eigenvalue weighted by molar-refractivity contribution is 14.0. The summed E-state index contributed by atoms with van der Waals surface area (Å²) in [4.78, 5) is 8.56. The Morgan fingerprint density at radius 1 is 1.40 bits per heavy atom. The highest BCUT2D eigenvalue weighted by Crippen LogP contribution is 2.11. The molecule has 142 valence electrons. The molecule has 1 fully saturated rings. The van der Waals surface area contributed by atoms with Crippen molar-refractivity contribution in [3.05, 3.63) is 12.2 Å². The first-order chi connectivity index (χ1) is 11.8. The minimum atomic E-state index is 0. The maximum Gasteiger partial charge on any atom is 0.191 e. The molecule has 0 bridgehead atoms. The summed E-state index contributed by atoms with van der Waals surface area (Å²) in [6.45, 7) is 4.12. The Morgan fingerprint density at radius 2 is 2.24 bits per heavy atom. The quantitative estimate of drug-likeness (QED) is 0.283. The molecule has 0 amide bonds. The van der Waals surface area contributed by atoms with Crippen LogP contribution in [0.2, 0.25) is 0 Å². The first-order valence-electron chi connectivity index (χ1n) is 8.88. The fraction of sp³-hybridized carbons (Fsp3) is 0.812. The Balaban J connectivity index is 0.00000225. The maximum atomic E-state index is 5.88. The molecule has 3 rings (SSSR count). The molecule has 0 radical (unpaired) electrons. The van der Waals surface area contributed by atoms with E-state index in [2.05, 4.69) is 25.7 Å². The van der Waals surface area contributed by atoms with Crippen molar-refractivity contribution >= 4 is 29.9 Å². The van der Waals surface area contributed by atoms with Gasteiger partial charge in [-0.1, -0.05) is 0 Å². The summed E-state index contributed by atoms with van der Waals surface area (Å²) in [6.07, 6.45) is 7.00. The summed E-state index contributed by atoms with van der Waals surface area (Å²) in [6, 6.07) is 0.337. The molecular weight excluding hydrogens is 435 g/mol. The monoisotopic (exact) mass is 464 g/mol. The number of ether oxygens (including phenoxy) is 2. The van der Waals surface area contributed by atoms with Crippen LogP contribution in [0.1, 0.15) is 31.5 Å². The predicted octanol–water partition coefficient (Wildman–Crippen LogP) is 0.962. The second kappa shape index (κ2) is 10.9. The largest absolute Gasteiger partial charge is 0.381 e. The SMILES string of the molecule is CN=C(NCCCOC1CCOCC1)NC1CCc2ncnn2C1.I. The van der Waals surface area contributed by atoms with E-state index < -0.39 is 0 Å². The summed E-state index contributed by atoms with van der Waals surface area (Å²) in [7, 11) is 1.80. The standard InChI is InChI=1S/C16H28N6O2.HI/c1-17-16(18-7-2-8-24-14-5-9-23-10-6-14)21-13-3-4-15-19-12-20-22(15)11-13;/h12-14H,2-11H2,1H3,(H2,17,18,21);1H. The van der Waals surface area contributed by atoms with Gasteiger partial charge in [0.1, 0.15) is 12.2 Å². The summed E-state index contributed by atoms with van der Waals surface area (Å²) < 4.78 is 13.2. The van der Waals surface area contributed by atoms with Gasteiger partial charge in [-0.05, 0) is 25.7 Å². The summed E-state index contributed by atoms with van der Waals surface area (Å²) in [5.41, 5.74) is 0.